The molecule has 1 fully saturated rings. The van der Waals surface area contributed by atoms with Gasteiger partial charge in [-0.05, 0) is 36.6 Å². The highest BCUT2D eigenvalue weighted by Crippen LogP contribution is 2.36. The van der Waals surface area contributed by atoms with Crippen LogP contribution in [0.3, 0.4) is 0 Å². The third kappa shape index (κ3) is 3.22. The molecule has 0 radical (unpaired) electrons. The van der Waals surface area contributed by atoms with E-state index >= 15 is 0 Å². The van der Waals surface area contributed by atoms with Gasteiger partial charge in [0.2, 0.25) is 0 Å². The summed E-state index contributed by atoms with van der Waals surface area (Å²) in [6.45, 7) is 5.18. The van der Waals surface area contributed by atoms with E-state index < -0.39 is 0 Å². The van der Waals surface area contributed by atoms with Crippen LogP contribution in [0.15, 0.2) is 24.3 Å². The molecular formula is C18H17N3OS. The fraction of sp³-hybridized carbons (Fsp3) is 0.333. The van der Waals surface area contributed by atoms with Crippen molar-refractivity contribution in [3.63, 3.8) is 0 Å². The molecule has 4 nitrogen and oxygen atoms in total. The van der Waals surface area contributed by atoms with Crippen molar-refractivity contribution in [3.8, 4) is 12.1 Å². The second kappa shape index (κ2) is 6.83. The van der Waals surface area contributed by atoms with Gasteiger partial charge in [0.25, 0.3) is 0 Å². The van der Waals surface area contributed by atoms with Crippen molar-refractivity contribution >= 4 is 16.3 Å². The molecule has 0 spiro atoms. The summed E-state index contributed by atoms with van der Waals surface area (Å²) >= 11 is 1.69. The van der Waals surface area contributed by atoms with Crippen LogP contribution in [0.2, 0.25) is 0 Å². The van der Waals surface area contributed by atoms with E-state index in [9.17, 15) is 5.26 Å². The lowest BCUT2D eigenvalue weighted by molar-refractivity contribution is 0.123. The van der Waals surface area contributed by atoms with Crippen LogP contribution in [0.5, 0.6) is 0 Å². The predicted molar refractivity (Wildman–Crippen MR) is 90.8 cm³/mol. The molecule has 0 aliphatic carbocycles. The van der Waals surface area contributed by atoms with Crippen molar-refractivity contribution in [2.75, 3.05) is 31.2 Å². The number of thiophene rings is 1. The molecule has 0 atom stereocenters. The zero-order valence-electron chi connectivity index (χ0n) is 13.0. The van der Waals surface area contributed by atoms with Gasteiger partial charge in [-0.25, -0.2) is 0 Å². The highest BCUT2D eigenvalue weighted by atomic mass is 32.1. The summed E-state index contributed by atoms with van der Waals surface area (Å²) in [5, 5.41) is 19.6. The van der Waals surface area contributed by atoms with Crippen molar-refractivity contribution in [2.24, 2.45) is 0 Å². The first kappa shape index (κ1) is 15.6. The number of hydrogen-bond donors (Lipinski definition) is 0. The summed E-state index contributed by atoms with van der Waals surface area (Å²) in [5.74, 6) is 0. The van der Waals surface area contributed by atoms with Gasteiger partial charge in [-0.1, -0.05) is 12.1 Å². The summed E-state index contributed by atoms with van der Waals surface area (Å²) in [7, 11) is 0. The Morgan fingerprint density at radius 3 is 2.43 bits per heavy atom. The summed E-state index contributed by atoms with van der Waals surface area (Å²) in [6.07, 6.45) is 0.723. The van der Waals surface area contributed by atoms with Gasteiger partial charge < -0.3 is 9.64 Å². The zero-order valence-corrected chi connectivity index (χ0v) is 13.8. The number of anilines is 1. The Morgan fingerprint density at radius 1 is 1.13 bits per heavy atom. The summed E-state index contributed by atoms with van der Waals surface area (Å²) in [4.78, 5) is 3.44. The molecule has 1 aliphatic heterocycles. The zero-order chi connectivity index (χ0) is 16.2. The Hall–Kier alpha value is -2.34. The van der Waals surface area contributed by atoms with E-state index in [1.807, 2.05) is 24.3 Å². The fourth-order valence-electron chi connectivity index (χ4n) is 2.78. The fourth-order valence-corrected chi connectivity index (χ4v) is 3.95. The smallest absolute Gasteiger partial charge is 0.110 e. The Labute approximate surface area is 140 Å². The third-order valence-corrected chi connectivity index (χ3v) is 5.27. The Bertz CT molecular complexity index is 774. The van der Waals surface area contributed by atoms with Gasteiger partial charge in [0.15, 0.2) is 0 Å². The van der Waals surface area contributed by atoms with E-state index in [0.717, 1.165) is 41.2 Å². The molecule has 23 heavy (non-hydrogen) atoms. The SMILES string of the molecule is Cc1sc(N2CCOCC2)c(C#N)c1Cc1ccc(C#N)cc1. The van der Waals surface area contributed by atoms with Crippen molar-refractivity contribution in [1.82, 2.24) is 0 Å². The van der Waals surface area contributed by atoms with Crippen LogP contribution in [-0.4, -0.2) is 26.3 Å². The van der Waals surface area contributed by atoms with Crippen LogP contribution in [0.25, 0.3) is 0 Å². The second-order valence-electron chi connectivity index (χ2n) is 5.51. The lowest BCUT2D eigenvalue weighted by Crippen LogP contribution is -2.36. The van der Waals surface area contributed by atoms with E-state index in [4.69, 9.17) is 10.00 Å². The number of nitriles is 2. The lowest BCUT2D eigenvalue weighted by Gasteiger charge is -2.27. The highest BCUT2D eigenvalue weighted by Gasteiger charge is 2.22. The summed E-state index contributed by atoms with van der Waals surface area (Å²) in [5.41, 5.74) is 3.67. The standard InChI is InChI=1S/C18H17N3OS/c1-13-16(10-14-2-4-15(11-19)5-3-14)17(12-20)18(23-13)21-6-8-22-9-7-21/h2-5H,6-10H2,1H3. The number of morpholine rings is 1. The average Bonchev–Trinajstić information content (AvgIpc) is 2.92. The van der Waals surface area contributed by atoms with E-state index in [2.05, 4.69) is 24.0 Å². The van der Waals surface area contributed by atoms with Gasteiger partial charge in [0, 0.05) is 18.0 Å². The highest BCUT2D eigenvalue weighted by molar-refractivity contribution is 7.16. The van der Waals surface area contributed by atoms with Crippen LogP contribution in [0.4, 0.5) is 5.00 Å². The molecule has 1 saturated heterocycles. The molecule has 2 heterocycles. The molecule has 0 bridgehead atoms. The van der Waals surface area contributed by atoms with Gasteiger partial charge in [0.1, 0.15) is 11.1 Å². The molecule has 0 unspecified atom stereocenters. The van der Waals surface area contributed by atoms with Crippen LogP contribution < -0.4 is 4.90 Å². The van der Waals surface area contributed by atoms with E-state index in [-0.39, 0.29) is 0 Å². The number of hydrogen-bond acceptors (Lipinski definition) is 5. The third-order valence-electron chi connectivity index (χ3n) is 4.06. The van der Waals surface area contributed by atoms with E-state index in [1.54, 1.807) is 11.3 Å². The molecule has 0 N–H and O–H groups in total. The molecule has 1 aromatic carbocycles. The molecule has 5 heteroatoms. The number of ether oxygens (including phenoxy) is 1. The maximum absolute atomic E-state index is 9.66. The van der Waals surface area contributed by atoms with Crippen molar-refractivity contribution in [2.45, 2.75) is 13.3 Å². The van der Waals surface area contributed by atoms with Crippen molar-refractivity contribution < 1.29 is 4.74 Å². The molecule has 0 amide bonds. The van der Waals surface area contributed by atoms with Crippen LogP contribution in [-0.2, 0) is 11.2 Å². The van der Waals surface area contributed by atoms with Crippen molar-refractivity contribution in [1.29, 1.82) is 10.5 Å². The first-order chi connectivity index (χ1) is 11.2. The molecule has 0 saturated carbocycles. The normalized spacial score (nSPS) is 14.3. The minimum Gasteiger partial charge on any atom is -0.378 e. The quantitative estimate of drug-likeness (QED) is 0.870. The minimum atomic E-state index is 0.658. The largest absolute Gasteiger partial charge is 0.378 e. The maximum atomic E-state index is 9.66. The lowest BCUT2D eigenvalue weighted by atomic mass is 10.0. The maximum Gasteiger partial charge on any atom is 0.110 e. The molecule has 3 rings (SSSR count). The average molecular weight is 323 g/mol. The van der Waals surface area contributed by atoms with Gasteiger partial charge in [-0.15, -0.1) is 11.3 Å². The number of rotatable bonds is 3. The van der Waals surface area contributed by atoms with Gasteiger partial charge in [-0.2, -0.15) is 10.5 Å². The first-order valence-electron chi connectivity index (χ1n) is 7.57. The Kier molecular flexibility index (Phi) is 4.62. The van der Waals surface area contributed by atoms with Crippen molar-refractivity contribution in [3.05, 3.63) is 51.4 Å². The van der Waals surface area contributed by atoms with Crippen LogP contribution >= 0.6 is 11.3 Å². The first-order valence-corrected chi connectivity index (χ1v) is 8.38. The number of nitrogens with zero attached hydrogens (tertiary/aromatic N) is 3. The van der Waals surface area contributed by atoms with Crippen LogP contribution in [0, 0.1) is 29.6 Å². The van der Waals surface area contributed by atoms with Gasteiger partial charge in [0.05, 0.1) is 30.4 Å². The molecule has 2 aromatic rings. The monoisotopic (exact) mass is 323 g/mol. The van der Waals surface area contributed by atoms with Crippen LogP contribution in [0.1, 0.15) is 27.1 Å². The number of aryl methyl sites for hydroxylation is 1. The topological polar surface area (TPSA) is 60.0 Å². The Morgan fingerprint density at radius 2 is 1.83 bits per heavy atom. The van der Waals surface area contributed by atoms with Gasteiger partial charge >= 0.3 is 0 Å². The van der Waals surface area contributed by atoms with E-state index in [0.29, 0.717) is 18.8 Å². The second-order valence-corrected chi connectivity index (χ2v) is 6.72. The Balaban J connectivity index is 1.91. The molecule has 1 aromatic heterocycles. The van der Waals surface area contributed by atoms with E-state index in [1.165, 1.54) is 4.88 Å². The summed E-state index contributed by atoms with van der Waals surface area (Å²) in [6, 6.07) is 12.1. The molecule has 116 valence electrons. The molecular weight excluding hydrogens is 306 g/mol. The molecule has 1 aliphatic rings. The van der Waals surface area contributed by atoms with Gasteiger partial charge in [-0.3, -0.25) is 0 Å². The summed E-state index contributed by atoms with van der Waals surface area (Å²) < 4.78 is 5.40. The predicted octanol–water partition coefficient (Wildman–Crippen LogP) is 3.23. The minimum absolute atomic E-state index is 0.658. The number of benzene rings is 1.